The van der Waals surface area contributed by atoms with Crippen LogP contribution in [-0.2, 0) is 0 Å². The van der Waals surface area contributed by atoms with Crippen LogP contribution in [0.3, 0.4) is 0 Å². The average Bonchev–Trinajstić information content (AvgIpc) is 2.75. The fourth-order valence-corrected chi connectivity index (χ4v) is 4.81. The van der Waals surface area contributed by atoms with Crippen LogP contribution in [0, 0.1) is 3.57 Å². The Hall–Kier alpha value is -2.65. The summed E-state index contributed by atoms with van der Waals surface area (Å²) in [6.45, 7) is 0. The fraction of sp³-hybridized carbons (Fsp3) is 0. The molecular weight excluding hydrogens is 439 g/mol. The summed E-state index contributed by atoms with van der Waals surface area (Å²) in [5.74, 6) is 0. The lowest BCUT2D eigenvalue weighted by molar-refractivity contribution is 1.61. The van der Waals surface area contributed by atoms with Crippen LogP contribution in [0.15, 0.2) is 103 Å². The van der Waals surface area contributed by atoms with E-state index in [4.69, 9.17) is 0 Å². The van der Waals surface area contributed by atoms with E-state index in [2.05, 4.69) is 126 Å². The third-order valence-corrected chi connectivity index (χ3v) is 6.29. The summed E-state index contributed by atoms with van der Waals surface area (Å²) in [4.78, 5) is 0. The molecule has 0 atom stereocenters. The molecule has 0 aliphatic carbocycles. The summed E-state index contributed by atoms with van der Waals surface area (Å²) in [5, 5.41) is 5.26. The van der Waals surface area contributed by atoms with Gasteiger partial charge in [0.05, 0.1) is 0 Å². The Morgan fingerprint density at radius 2 is 0.889 bits per heavy atom. The van der Waals surface area contributed by atoms with Crippen LogP contribution in [0.4, 0.5) is 0 Å². The molecule has 0 fully saturated rings. The van der Waals surface area contributed by atoms with Crippen LogP contribution in [0.5, 0.6) is 0 Å². The quantitative estimate of drug-likeness (QED) is 0.187. The molecule has 0 heterocycles. The maximum atomic E-state index is 2.49. The van der Waals surface area contributed by atoms with Crippen molar-refractivity contribution in [3.63, 3.8) is 0 Å². The molecule has 0 saturated carbocycles. The summed E-state index contributed by atoms with van der Waals surface area (Å²) in [6, 6.07) is 37.0. The van der Waals surface area contributed by atoms with Crippen molar-refractivity contribution >= 4 is 44.1 Å². The van der Waals surface area contributed by atoms with E-state index < -0.39 is 0 Å². The molecule has 0 aromatic heterocycles. The largest absolute Gasteiger partial charge is 0.0622 e. The first-order valence-corrected chi connectivity index (χ1v) is 10.2. The van der Waals surface area contributed by atoms with Gasteiger partial charge in [0, 0.05) is 3.57 Å². The molecule has 0 aliphatic rings. The first-order valence-electron chi connectivity index (χ1n) is 9.08. The number of halogens is 1. The topological polar surface area (TPSA) is 0 Å². The van der Waals surface area contributed by atoms with E-state index in [0.29, 0.717) is 0 Å². The Labute approximate surface area is 172 Å². The van der Waals surface area contributed by atoms with Gasteiger partial charge in [0.25, 0.3) is 0 Å². The Morgan fingerprint density at radius 1 is 0.407 bits per heavy atom. The molecule has 0 aliphatic heterocycles. The highest BCUT2D eigenvalue weighted by molar-refractivity contribution is 14.1. The lowest BCUT2D eigenvalue weighted by Crippen LogP contribution is -1.89. The van der Waals surface area contributed by atoms with Crippen molar-refractivity contribution < 1.29 is 0 Å². The van der Waals surface area contributed by atoms with Crippen molar-refractivity contribution in [2.24, 2.45) is 0 Å². The van der Waals surface area contributed by atoms with Crippen molar-refractivity contribution in [2.75, 3.05) is 0 Å². The lowest BCUT2D eigenvalue weighted by atomic mass is 9.90. The predicted molar refractivity (Wildman–Crippen MR) is 125 cm³/mol. The van der Waals surface area contributed by atoms with E-state index in [1.165, 1.54) is 47.4 Å². The molecule has 0 amide bonds. The minimum absolute atomic E-state index is 1.25. The van der Waals surface area contributed by atoms with E-state index in [1.807, 2.05) is 0 Å². The van der Waals surface area contributed by atoms with E-state index >= 15 is 0 Å². The monoisotopic (exact) mass is 456 g/mol. The van der Waals surface area contributed by atoms with E-state index in [-0.39, 0.29) is 0 Å². The zero-order chi connectivity index (χ0) is 18.2. The molecule has 5 aromatic carbocycles. The maximum absolute atomic E-state index is 2.49. The Morgan fingerprint density at radius 3 is 1.52 bits per heavy atom. The van der Waals surface area contributed by atoms with Crippen LogP contribution < -0.4 is 0 Å². The second kappa shape index (κ2) is 6.82. The molecule has 0 radical (unpaired) electrons. The van der Waals surface area contributed by atoms with Gasteiger partial charge in [-0.3, -0.25) is 0 Å². The van der Waals surface area contributed by atoms with Crippen molar-refractivity contribution in [1.82, 2.24) is 0 Å². The van der Waals surface area contributed by atoms with E-state index in [9.17, 15) is 0 Å². The van der Waals surface area contributed by atoms with Gasteiger partial charge in [-0.15, -0.1) is 0 Å². The van der Waals surface area contributed by atoms with Crippen LogP contribution in [0.2, 0.25) is 0 Å². The van der Waals surface area contributed by atoms with Crippen LogP contribution in [0.25, 0.3) is 43.8 Å². The molecule has 1 heteroatoms. The summed E-state index contributed by atoms with van der Waals surface area (Å²) < 4.78 is 1.32. The van der Waals surface area contributed by atoms with Gasteiger partial charge in [-0.2, -0.15) is 0 Å². The van der Waals surface area contributed by atoms with Gasteiger partial charge in [-0.05, 0) is 72.5 Å². The lowest BCUT2D eigenvalue weighted by Gasteiger charge is -2.15. The minimum atomic E-state index is 1.25. The van der Waals surface area contributed by atoms with E-state index in [1.54, 1.807) is 0 Å². The molecule has 5 rings (SSSR count). The molecule has 0 bridgehead atoms. The second-order valence-electron chi connectivity index (χ2n) is 6.73. The van der Waals surface area contributed by atoms with Crippen molar-refractivity contribution in [3.05, 3.63) is 107 Å². The SMILES string of the molecule is Ic1c2ccccc2c(-c2cccc(-c3ccccc3)c2)c2ccccc12. The first-order chi connectivity index (χ1) is 13.3. The van der Waals surface area contributed by atoms with Gasteiger partial charge in [0.2, 0.25) is 0 Å². The minimum Gasteiger partial charge on any atom is -0.0622 e. The molecule has 0 N–H and O–H groups in total. The summed E-state index contributed by atoms with van der Waals surface area (Å²) in [5.41, 5.74) is 5.08. The molecular formula is C26H17I. The highest BCUT2D eigenvalue weighted by atomic mass is 127. The number of rotatable bonds is 2. The zero-order valence-corrected chi connectivity index (χ0v) is 16.9. The van der Waals surface area contributed by atoms with Gasteiger partial charge >= 0.3 is 0 Å². The highest BCUT2D eigenvalue weighted by Gasteiger charge is 2.13. The predicted octanol–water partition coefficient (Wildman–Crippen LogP) is 7.93. The summed E-state index contributed by atoms with van der Waals surface area (Å²) in [6.07, 6.45) is 0. The van der Waals surface area contributed by atoms with Gasteiger partial charge in [-0.1, -0.05) is 97.1 Å². The van der Waals surface area contributed by atoms with Crippen LogP contribution in [0.1, 0.15) is 0 Å². The third kappa shape index (κ3) is 2.83. The Kier molecular flexibility index (Phi) is 4.17. The Balaban J connectivity index is 1.86. The van der Waals surface area contributed by atoms with Gasteiger partial charge < -0.3 is 0 Å². The normalized spacial score (nSPS) is 11.1. The second-order valence-corrected chi connectivity index (χ2v) is 7.81. The van der Waals surface area contributed by atoms with Gasteiger partial charge in [-0.25, -0.2) is 0 Å². The zero-order valence-electron chi connectivity index (χ0n) is 14.7. The molecule has 0 saturated heterocycles. The molecule has 0 unspecified atom stereocenters. The third-order valence-electron chi connectivity index (χ3n) is 5.12. The van der Waals surface area contributed by atoms with Gasteiger partial charge in [0.1, 0.15) is 0 Å². The fourth-order valence-electron chi connectivity index (χ4n) is 3.87. The number of hydrogen-bond donors (Lipinski definition) is 0. The summed E-state index contributed by atoms with van der Waals surface area (Å²) in [7, 11) is 0. The molecule has 0 nitrogen and oxygen atoms in total. The van der Waals surface area contributed by atoms with Crippen molar-refractivity contribution in [2.45, 2.75) is 0 Å². The van der Waals surface area contributed by atoms with Crippen LogP contribution >= 0.6 is 22.6 Å². The smallest absolute Gasteiger partial charge is 0.0287 e. The average molecular weight is 456 g/mol. The van der Waals surface area contributed by atoms with Crippen molar-refractivity contribution in [3.8, 4) is 22.3 Å². The maximum Gasteiger partial charge on any atom is 0.0287 e. The Bertz CT molecular complexity index is 1210. The van der Waals surface area contributed by atoms with Crippen LogP contribution in [-0.4, -0.2) is 0 Å². The van der Waals surface area contributed by atoms with E-state index in [0.717, 1.165) is 0 Å². The molecule has 0 spiro atoms. The number of hydrogen-bond acceptors (Lipinski definition) is 0. The number of benzene rings is 5. The first kappa shape index (κ1) is 16.5. The molecule has 128 valence electrons. The van der Waals surface area contributed by atoms with Gasteiger partial charge in [0.15, 0.2) is 0 Å². The van der Waals surface area contributed by atoms with Crippen molar-refractivity contribution in [1.29, 1.82) is 0 Å². The number of fused-ring (bicyclic) bond motifs is 2. The highest BCUT2D eigenvalue weighted by Crippen LogP contribution is 2.40. The molecule has 5 aromatic rings. The molecule has 27 heavy (non-hydrogen) atoms. The summed E-state index contributed by atoms with van der Waals surface area (Å²) >= 11 is 2.49. The standard InChI is InChI=1S/C26H17I/c27-26-23-15-6-4-13-21(23)25(22-14-5-7-16-24(22)26)20-12-8-11-19(17-20)18-9-2-1-3-10-18/h1-17H.